The predicted octanol–water partition coefficient (Wildman–Crippen LogP) is 3.52. The first kappa shape index (κ1) is 15.2. The Morgan fingerprint density at radius 2 is 2.14 bits per heavy atom. The minimum Gasteiger partial charge on any atom is -0.399 e. The van der Waals surface area contributed by atoms with E-state index in [9.17, 15) is 4.79 Å². The number of rotatable bonds is 4. The molecule has 0 saturated carbocycles. The van der Waals surface area contributed by atoms with Crippen molar-refractivity contribution in [1.82, 2.24) is 0 Å². The van der Waals surface area contributed by atoms with Crippen LogP contribution in [0.1, 0.15) is 5.56 Å². The quantitative estimate of drug-likeness (QED) is 0.668. The predicted molar refractivity (Wildman–Crippen MR) is 86.4 cm³/mol. The second kappa shape index (κ2) is 7.02. The normalized spacial score (nSPS) is 9.90. The van der Waals surface area contributed by atoms with Crippen LogP contribution in [0, 0.1) is 11.3 Å². The van der Waals surface area contributed by atoms with Gasteiger partial charge in [-0.2, -0.15) is 5.26 Å². The Kier molecular flexibility index (Phi) is 5.09. The number of halogens is 1. The van der Waals surface area contributed by atoms with Crippen LogP contribution in [0.4, 0.5) is 11.4 Å². The molecule has 0 heterocycles. The van der Waals surface area contributed by atoms with Gasteiger partial charge in [-0.1, -0.05) is 17.7 Å². The molecule has 0 atom stereocenters. The van der Waals surface area contributed by atoms with Crippen LogP contribution in [-0.4, -0.2) is 11.7 Å². The SMILES string of the molecule is N#Cc1cccc(NC(=O)CSc2ccc(N)cc2Cl)c1. The molecule has 106 valence electrons. The maximum absolute atomic E-state index is 11.9. The van der Waals surface area contributed by atoms with Crippen LogP contribution in [0.25, 0.3) is 0 Å². The smallest absolute Gasteiger partial charge is 0.234 e. The van der Waals surface area contributed by atoms with Gasteiger partial charge in [-0.3, -0.25) is 4.79 Å². The molecular weight excluding hydrogens is 306 g/mol. The lowest BCUT2D eigenvalue weighted by Crippen LogP contribution is -2.14. The molecule has 0 unspecified atom stereocenters. The number of nitrogens with one attached hydrogen (secondary N) is 1. The first-order valence-electron chi connectivity index (χ1n) is 6.06. The van der Waals surface area contributed by atoms with Gasteiger partial charge < -0.3 is 11.1 Å². The Hall–Kier alpha value is -2.16. The van der Waals surface area contributed by atoms with Crippen LogP contribution in [0.15, 0.2) is 47.4 Å². The number of hydrogen-bond donors (Lipinski definition) is 2. The van der Waals surface area contributed by atoms with E-state index in [0.29, 0.717) is 22.0 Å². The monoisotopic (exact) mass is 317 g/mol. The number of nitrogens with zero attached hydrogens (tertiary/aromatic N) is 1. The molecule has 0 bridgehead atoms. The average molecular weight is 318 g/mol. The van der Waals surface area contributed by atoms with Crippen molar-refractivity contribution in [3.8, 4) is 6.07 Å². The van der Waals surface area contributed by atoms with Gasteiger partial charge in [0.25, 0.3) is 0 Å². The third-order valence-electron chi connectivity index (χ3n) is 2.59. The molecule has 0 spiro atoms. The Bertz CT molecular complexity index is 712. The van der Waals surface area contributed by atoms with E-state index >= 15 is 0 Å². The van der Waals surface area contributed by atoms with Crippen LogP contribution in [-0.2, 0) is 4.79 Å². The minimum absolute atomic E-state index is 0.164. The maximum Gasteiger partial charge on any atom is 0.234 e. The molecule has 0 aliphatic heterocycles. The van der Waals surface area contributed by atoms with E-state index in [1.165, 1.54) is 11.8 Å². The summed E-state index contributed by atoms with van der Waals surface area (Å²) in [7, 11) is 0. The number of nitrogens with two attached hydrogens (primary N) is 1. The van der Waals surface area contributed by atoms with Gasteiger partial charge in [-0.05, 0) is 36.4 Å². The Balaban J connectivity index is 1.94. The fourth-order valence-corrected chi connectivity index (χ4v) is 2.71. The number of thioether (sulfide) groups is 1. The lowest BCUT2D eigenvalue weighted by Gasteiger charge is -2.07. The summed E-state index contributed by atoms with van der Waals surface area (Å²) in [6.07, 6.45) is 0. The molecule has 0 saturated heterocycles. The summed E-state index contributed by atoms with van der Waals surface area (Å²) in [5.74, 6) is 0.0587. The van der Waals surface area contributed by atoms with Crippen LogP contribution in [0.5, 0.6) is 0 Å². The standard InChI is InChI=1S/C15H12ClN3OS/c16-13-7-11(18)4-5-14(13)21-9-15(20)19-12-3-1-2-10(6-12)8-17/h1-7H,9,18H2,(H,19,20). The molecule has 0 aliphatic rings. The fourth-order valence-electron chi connectivity index (χ4n) is 1.64. The lowest BCUT2D eigenvalue weighted by atomic mass is 10.2. The highest BCUT2D eigenvalue weighted by Gasteiger charge is 2.07. The molecule has 6 heteroatoms. The zero-order valence-corrected chi connectivity index (χ0v) is 12.5. The number of benzene rings is 2. The molecule has 2 rings (SSSR count). The minimum atomic E-state index is -0.164. The van der Waals surface area contributed by atoms with E-state index in [-0.39, 0.29) is 11.7 Å². The van der Waals surface area contributed by atoms with E-state index in [0.717, 1.165) is 4.90 Å². The summed E-state index contributed by atoms with van der Waals surface area (Å²) >= 11 is 7.37. The molecule has 0 aliphatic carbocycles. The number of carbonyl (C=O) groups is 1. The molecule has 1 amide bonds. The van der Waals surface area contributed by atoms with E-state index in [1.807, 2.05) is 6.07 Å². The summed E-state index contributed by atoms with van der Waals surface area (Å²) in [4.78, 5) is 12.7. The molecule has 0 radical (unpaired) electrons. The highest BCUT2D eigenvalue weighted by molar-refractivity contribution is 8.00. The zero-order chi connectivity index (χ0) is 15.2. The number of anilines is 2. The second-order valence-electron chi connectivity index (χ2n) is 4.22. The molecule has 21 heavy (non-hydrogen) atoms. The lowest BCUT2D eigenvalue weighted by molar-refractivity contribution is -0.113. The van der Waals surface area contributed by atoms with E-state index in [1.54, 1.807) is 42.5 Å². The van der Waals surface area contributed by atoms with Crippen molar-refractivity contribution in [2.75, 3.05) is 16.8 Å². The number of nitrogen functional groups attached to an aromatic ring is 1. The van der Waals surface area contributed by atoms with Gasteiger partial charge >= 0.3 is 0 Å². The first-order valence-corrected chi connectivity index (χ1v) is 7.42. The average Bonchev–Trinajstić information content (AvgIpc) is 2.46. The van der Waals surface area contributed by atoms with Crippen molar-refractivity contribution in [3.63, 3.8) is 0 Å². The number of nitriles is 1. The molecule has 2 aromatic carbocycles. The van der Waals surface area contributed by atoms with Gasteiger partial charge in [0, 0.05) is 16.3 Å². The van der Waals surface area contributed by atoms with Gasteiger partial charge in [0.1, 0.15) is 0 Å². The molecular formula is C15H12ClN3OS. The molecule has 2 aromatic rings. The number of amides is 1. The highest BCUT2D eigenvalue weighted by atomic mass is 35.5. The third kappa shape index (κ3) is 4.42. The van der Waals surface area contributed by atoms with Gasteiger partial charge in [0.15, 0.2) is 0 Å². The van der Waals surface area contributed by atoms with E-state index < -0.39 is 0 Å². The molecule has 0 fully saturated rings. The number of carbonyl (C=O) groups excluding carboxylic acids is 1. The van der Waals surface area contributed by atoms with Crippen molar-refractivity contribution < 1.29 is 4.79 Å². The van der Waals surface area contributed by atoms with Crippen LogP contribution >= 0.6 is 23.4 Å². The summed E-state index contributed by atoms with van der Waals surface area (Å²) in [6.45, 7) is 0. The largest absolute Gasteiger partial charge is 0.399 e. The van der Waals surface area contributed by atoms with Gasteiger partial charge in [0.05, 0.1) is 22.4 Å². The van der Waals surface area contributed by atoms with Crippen molar-refractivity contribution in [3.05, 3.63) is 53.1 Å². The van der Waals surface area contributed by atoms with Crippen molar-refractivity contribution in [1.29, 1.82) is 5.26 Å². The van der Waals surface area contributed by atoms with Crippen LogP contribution in [0.2, 0.25) is 5.02 Å². The Morgan fingerprint density at radius 3 is 2.86 bits per heavy atom. The fraction of sp³-hybridized carbons (Fsp3) is 0.0667. The van der Waals surface area contributed by atoms with E-state index in [2.05, 4.69) is 5.32 Å². The van der Waals surface area contributed by atoms with Crippen molar-refractivity contribution in [2.24, 2.45) is 0 Å². The van der Waals surface area contributed by atoms with Crippen LogP contribution < -0.4 is 11.1 Å². The summed E-state index contributed by atoms with van der Waals surface area (Å²) in [5.41, 5.74) is 7.30. The summed E-state index contributed by atoms with van der Waals surface area (Å²) in [5, 5.41) is 12.1. The molecule has 4 nitrogen and oxygen atoms in total. The molecule has 3 N–H and O–H groups in total. The van der Waals surface area contributed by atoms with Crippen molar-refractivity contribution in [2.45, 2.75) is 4.90 Å². The summed E-state index contributed by atoms with van der Waals surface area (Å²) in [6, 6.07) is 14.0. The molecule has 0 aromatic heterocycles. The number of hydrogen-bond acceptors (Lipinski definition) is 4. The maximum atomic E-state index is 11.9. The van der Waals surface area contributed by atoms with E-state index in [4.69, 9.17) is 22.6 Å². The topological polar surface area (TPSA) is 78.9 Å². The highest BCUT2D eigenvalue weighted by Crippen LogP contribution is 2.28. The van der Waals surface area contributed by atoms with Gasteiger partial charge in [0.2, 0.25) is 5.91 Å². The van der Waals surface area contributed by atoms with Gasteiger partial charge in [-0.15, -0.1) is 11.8 Å². The Morgan fingerprint density at radius 1 is 1.33 bits per heavy atom. The second-order valence-corrected chi connectivity index (χ2v) is 5.64. The Labute approximate surface area is 131 Å². The van der Waals surface area contributed by atoms with Crippen LogP contribution in [0.3, 0.4) is 0 Å². The third-order valence-corrected chi connectivity index (χ3v) is 4.09. The zero-order valence-electron chi connectivity index (χ0n) is 11.0. The van der Waals surface area contributed by atoms with Crippen molar-refractivity contribution >= 4 is 40.6 Å². The van der Waals surface area contributed by atoms with Gasteiger partial charge in [-0.25, -0.2) is 0 Å². The first-order chi connectivity index (χ1) is 10.1. The summed E-state index contributed by atoms with van der Waals surface area (Å²) < 4.78 is 0.